The van der Waals surface area contributed by atoms with Crippen LogP contribution >= 0.6 is 23.2 Å². The molecule has 1 aliphatic rings. The van der Waals surface area contributed by atoms with E-state index in [9.17, 15) is 19.2 Å². The first-order valence-corrected chi connectivity index (χ1v) is 14.5. The van der Waals surface area contributed by atoms with Gasteiger partial charge in [-0.25, -0.2) is 4.79 Å². The van der Waals surface area contributed by atoms with E-state index in [1.807, 2.05) is 18.2 Å². The standard InChI is InChI=1S/C31H30Cl2N6O5/c1-38-16-22(30(42)39(2)31(38)43)29(41)37-23-6-4-5-20(26(23)32)21-11-12-35-28(27(21)33)17-7-8-18(24(13-17)44-3)14-34-15-19-9-10-25(40)36-19/h4-8,11-13,16,19,34H,9-10,14-15H2,1-3H3,(H,36,40)(H,37,41)/t19-/m1/s1. The molecule has 1 saturated heterocycles. The number of hydrogen-bond donors (Lipinski definition) is 3. The van der Waals surface area contributed by atoms with Gasteiger partial charge in [0.15, 0.2) is 0 Å². The molecule has 1 atom stereocenters. The Hall–Kier alpha value is -4.45. The van der Waals surface area contributed by atoms with Crippen LogP contribution in [0.3, 0.4) is 0 Å². The van der Waals surface area contributed by atoms with Crippen LogP contribution in [0.2, 0.25) is 10.0 Å². The quantitative estimate of drug-likeness (QED) is 0.254. The van der Waals surface area contributed by atoms with Crippen molar-refractivity contribution in [3.63, 3.8) is 0 Å². The Balaban J connectivity index is 1.40. The number of ether oxygens (including phenoxy) is 1. The maximum atomic E-state index is 13.0. The van der Waals surface area contributed by atoms with Gasteiger partial charge in [-0.1, -0.05) is 47.5 Å². The maximum absolute atomic E-state index is 13.0. The van der Waals surface area contributed by atoms with Gasteiger partial charge in [0.25, 0.3) is 11.5 Å². The molecule has 0 radical (unpaired) electrons. The molecular formula is C31H30Cl2N6O5. The highest BCUT2D eigenvalue weighted by Crippen LogP contribution is 2.41. The monoisotopic (exact) mass is 636 g/mol. The number of nitrogens with one attached hydrogen (secondary N) is 3. The number of aromatic nitrogens is 3. The van der Waals surface area contributed by atoms with Crippen LogP contribution in [0.1, 0.15) is 28.8 Å². The molecule has 0 unspecified atom stereocenters. The lowest BCUT2D eigenvalue weighted by atomic mass is 10.0. The lowest BCUT2D eigenvalue weighted by Crippen LogP contribution is -2.40. The van der Waals surface area contributed by atoms with Crippen LogP contribution in [0.4, 0.5) is 5.69 Å². The Morgan fingerprint density at radius 1 is 1.09 bits per heavy atom. The highest BCUT2D eigenvalue weighted by Gasteiger charge is 2.21. The highest BCUT2D eigenvalue weighted by atomic mass is 35.5. The van der Waals surface area contributed by atoms with Crippen molar-refractivity contribution in [2.24, 2.45) is 14.1 Å². The molecule has 228 valence electrons. The number of carbonyl (C=O) groups excluding carboxylic acids is 2. The molecule has 4 aromatic rings. The summed E-state index contributed by atoms with van der Waals surface area (Å²) in [6.07, 6.45) is 4.18. The number of pyridine rings is 1. The molecule has 1 fully saturated rings. The minimum absolute atomic E-state index is 0.0801. The van der Waals surface area contributed by atoms with E-state index in [0.717, 1.165) is 26.7 Å². The van der Waals surface area contributed by atoms with Gasteiger partial charge in [0.2, 0.25) is 5.91 Å². The second kappa shape index (κ2) is 13.0. The molecule has 0 saturated carbocycles. The summed E-state index contributed by atoms with van der Waals surface area (Å²) in [6, 6.07) is 12.6. The summed E-state index contributed by atoms with van der Waals surface area (Å²) < 4.78 is 7.67. The maximum Gasteiger partial charge on any atom is 0.330 e. The van der Waals surface area contributed by atoms with Crippen molar-refractivity contribution < 1.29 is 14.3 Å². The zero-order valence-corrected chi connectivity index (χ0v) is 25.8. The number of benzene rings is 2. The number of halogens is 2. The van der Waals surface area contributed by atoms with Gasteiger partial charge < -0.3 is 25.3 Å². The van der Waals surface area contributed by atoms with Gasteiger partial charge in [0.05, 0.1) is 28.5 Å². The first kappa shape index (κ1) is 31.0. The third kappa shape index (κ3) is 6.26. The van der Waals surface area contributed by atoms with E-state index in [0.29, 0.717) is 47.1 Å². The molecular weight excluding hydrogens is 607 g/mol. The van der Waals surface area contributed by atoms with E-state index in [4.69, 9.17) is 27.9 Å². The fourth-order valence-corrected chi connectivity index (χ4v) is 5.69. The molecule has 0 aliphatic carbocycles. The lowest BCUT2D eigenvalue weighted by molar-refractivity contribution is -0.119. The van der Waals surface area contributed by atoms with Crippen LogP contribution in [0, 0.1) is 0 Å². The van der Waals surface area contributed by atoms with Gasteiger partial charge in [-0.2, -0.15) is 0 Å². The predicted octanol–water partition coefficient (Wildman–Crippen LogP) is 3.75. The van der Waals surface area contributed by atoms with Crippen molar-refractivity contribution in [1.82, 2.24) is 24.8 Å². The van der Waals surface area contributed by atoms with Gasteiger partial charge in [-0.15, -0.1) is 0 Å². The van der Waals surface area contributed by atoms with E-state index in [1.54, 1.807) is 37.6 Å². The Bertz CT molecular complexity index is 1890. The molecule has 11 nitrogen and oxygen atoms in total. The molecule has 2 amide bonds. The Morgan fingerprint density at radius 2 is 1.86 bits per heavy atom. The van der Waals surface area contributed by atoms with E-state index in [1.165, 1.54) is 20.3 Å². The summed E-state index contributed by atoms with van der Waals surface area (Å²) >= 11 is 13.7. The Kier molecular flexibility index (Phi) is 9.19. The van der Waals surface area contributed by atoms with Gasteiger partial charge >= 0.3 is 5.69 Å². The number of methoxy groups -OCH3 is 1. The summed E-state index contributed by atoms with van der Waals surface area (Å²) in [5.74, 6) is 0.0222. The highest BCUT2D eigenvalue weighted by molar-refractivity contribution is 6.39. The second-order valence-electron chi connectivity index (χ2n) is 10.4. The predicted molar refractivity (Wildman–Crippen MR) is 169 cm³/mol. The summed E-state index contributed by atoms with van der Waals surface area (Å²) in [7, 11) is 4.35. The molecule has 1 aliphatic heterocycles. The van der Waals surface area contributed by atoms with Gasteiger partial charge in [0.1, 0.15) is 11.3 Å². The summed E-state index contributed by atoms with van der Waals surface area (Å²) in [5, 5.41) is 9.54. The van der Waals surface area contributed by atoms with Crippen LogP contribution in [-0.4, -0.2) is 45.6 Å². The SMILES string of the molecule is COc1cc(-c2nccc(-c3cccc(NC(=O)c4cn(C)c(=O)n(C)c4=O)c3Cl)c2Cl)ccc1CNC[C@H]1CCC(=O)N1. The smallest absolute Gasteiger partial charge is 0.330 e. The minimum Gasteiger partial charge on any atom is -0.496 e. The van der Waals surface area contributed by atoms with Crippen molar-refractivity contribution in [3.05, 3.63) is 96.9 Å². The Morgan fingerprint density at radius 3 is 2.59 bits per heavy atom. The van der Waals surface area contributed by atoms with E-state index in [2.05, 4.69) is 20.9 Å². The van der Waals surface area contributed by atoms with E-state index < -0.39 is 17.2 Å². The zero-order valence-electron chi connectivity index (χ0n) is 24.2. The molecule has 0 bridgehead atoms. The van der Waals surface area contributed by atoms with E-state index in [-0.39, 0.29) is 28.2 Å². The van der Waals surface area contributed by atoms with Gasteiger partial charge in [-0.05, 0) is 24.6 Å². The molecule has 2 aromatic heterocycles. The number of amides is 2. The third-order valence-corrected chi connectivity index (χ3v) is 8.26. The first-order chi connectivity index (χ1) is 21.1. The average Bonchev–Trinajstić information content (AvgIpc) is 3.44. The number of rotatable bonds is 9. The normalized spacial score (nSPS) is 14.4. The third-order valence-electron chi connectivity index (χ3n) is 7.47. The topological polar surface area (TPSA) is 136 Å². The Labute approximate surface area is 262 Å². The molecule has 3 heterocycles. The van der Waals surface area contributed by atoms with Crippen LogP contribution in [0.5, 0.6) is 5.75 Å². The van der Waals surface area contributed by atoms with Crippen molar-refractivity contribution in [2.75, 3.05) is 19.0 Å². The minimum atomic E-state index is -0.723. The van der Waals surface area contributed by atoms with Crippen LogP contribution in [0.25, 0.3) is 22.4 Å². The van der Waals surface area contributed by atoms with E-state index >= 15 is 0 Å². The van der Waals surface area contributed by atoms with Crippen molar-refractivity contribution >= 4 is 40.7 Å². The van der Waals surface area contributed by atoms with Crippen LogP contribution < -0.4 is 31.9 Å². The lowest BCUT2D eigenvalue weighted by Gasteiger charge is -2.16. The largest absolute Gasteiger partial charge is 0.496 e. The molecule has 0 spiro atoms. The number of carbonyl (C=O) groups is 2. The van der Waals surface area contributed by atoms with Crippen molar-refractivity contribution in [3.8, 4) is 28.1 Å². The molecule has 13 heteroatoms. The zero-order chi connectivity index (χ0) is 31.5. The summed E-state index contributed by atoms with van der Waals surface area (Å²) in [6.45, 7) is 1.21. The fraction of sp³-hybridized carbons (Fsp3) is 0.258. The van der Waals surface area contributed by atoms with Crippen molar-refractivity contribution in [2.45, 2.75) is 25.4 Å². The first-order valence-electron chi connectivity index (χ1n) is 13.8. The van der Waals surface area contributed by atoms with Gasteiger partial charge in [-0.3, -0.25) is 23.9 Å². The molecule has 2 aromatic carbocycles. The van der Waals surface area contributed by atoms with Gasteiger partial charge in [0, 0.05) is 74.3 Å². The average molecular weight is 638 g/mol. The molecule has 3 N–H and O–H groups in total. The number of aryl methyl sites for hydroxylation is 1. The number of nitrogens with zero attached hydrogens (tertiary/aromatic N) is 3. The van der Waals surface area contributed by atoms with Crippen molar-refractivity contribution in [1.29, 1.82) is 0 Å². The fourth-order valence-electron chi connectivity index (χ4n) is 5.09. The van der Waals surface area contributed by atoms with Crippen LogP contribution in [0.15, 0.2) is 64.4 Å². The molecule has 44 heavy (non-hydrogen) atoms. The number of anilines is 1. The summed E-state index contributed by atoms with van der Waals surface area (Å²) in [4.78, 5) is 53.6. The second-order valence-corrected chi connectivity index (χ2v) is 11.2. The molecule has 5 rings (SSSR count). The van der Waals surface area contributed by atoms with Crippen LogP contribution in [-0.2, 0) is 25.4 Å². The number of hydrogen-bond acceptors (Lipinski definition) is 7. The summed E-state index contributed by atoms with van der Waals surface area (Å²) in [5.41, 5.74) is 2.08.